The Hall–Kier alpha value is -2.13. The quantitative estimate of drug-likeness (QED) is 0.843. The van der Waals surface area contributed by atoms with Gasteiger partial charge in [0.2, 0.25) is 0 Å². The number of hydrogen-bond acceptors (Lipinski definition) is 4. The molecule has 0 aliphatic rings. The Bertz CT molecular complexity index is 682. The highest BCUT2D eigenvalue weighted by molar-refractivity contribution is 7.90. The van der Waals surface area contributed by atoms with Gasteiger partial charge in [0.1, 0.15) is 11.6 Å². The van der Waals surface area contributed by atoms with Crippen molar-refractivity contribution in [1.82, 2.24) is 9.78 Å². The molecule has 0 fully saturated rings. The zero-order valence-corrected chi connectivity index (χ0v) is 11.8. The lowest BCUT2D eigenvalue weighted by Gasteiger charge is -1.98. The van der Waals surface area contributed by atoms with Gasteiger partial charge >= 0.3 is 0 Å². The lowest BCUT2D eigenvalue weighted by molar-refractivity contribution is 0.596. The highest BCUT2D eigenvalue weighted by atomic mass is 32.2. The molecule has 19 heavy (non-hydrogen) atoms. The molecule has 0 saturated carbocycles. The maximum absolute atomic E-state index is 11.4. The highest BCUT2D eigenvalue weighted by Gasteiger charge is 2.18. The number of aromatic nitrogens is 2. The van der Waals surface area contributed by atoms with Crippen LogP contribution in [-0.4, -0.2) is 24.5 Å². The van der Waals surface area contributed by atoms with Crippen molar-refractivity contribution < 1.29 is 8.42 Å². The number of sulfone groups is 1. The minimum Gasteiger partial charge on any atom is -0.238 e. The van der Waals surface area contributed by atoms with E-state index < -0.39 is 9.84 Å². The predicted molar refractivity (Wildman–Crippen MR) is 72.7 cm³/mol. The van der Waals surface area contributed by atoms with Gasteiger partial charge in [0.05, 0.1) is 5.69 Å². The Morgan fingerprint density at radius 2 is 1.79 bits per heavy atom. The van der Waals surface area contributed by atoms with Crippen molar-refractivity contribution in [2.75, 3.05) is 6.26 Å². The van der Waals surface area contributed by atoms with E-state index in [0.29, 0.717) is 5.69 Å². The van der Waals surface area contributed by atoms with Crippen LogP contribution in [0.2, 0.25) is 0 Å². The van der Waals surface area contributed by atoms with E-state index in [9.17, 15) is 8.42 Å². The molecule has 0 bridgehead atoms. The van der Waals surface area contributed by atoms with Crippen molar-refractivity contribution >= 4 is 9.84 Å². The summed E-state index contributed by atoms with van der Waals surface area (Å²) < 4.78 is 24.2. The van der Waals surface area contributed by atoms with Crippen LogP contribution < -0.4 is 0 Å². The van der Waals surface area contributed by atoms with Crippen molar-refractivity contribution in [2.45, 2.75) is 18.9 Å². The molecule has 100 valence electrons. The summed E-state index contributed by atoms with van der Waals surface area (Å²) in [6.07, 6.45) is 2.44. The molecular formula is C13H15N3O2S. The first kappa shape index (κ1) is 14.9. The first-order valence-corrected chi connectivity index (χ1v) is 7.67. The Morgan fingerprint density at radius 3 is 2.21 bits per heavy atom. The Kier molecular flexibility index (Phi) is 4.84. The van der Waals surface area contributed by atoms with Crippen LogP contribution in [0, 0.1) is 11.3 Å². The molecule has 1 aromatic carbocycles. The third-order valence-electron chi connectivity index (χ3n) is 2.17. The lowest BCUT2D eigenvalue weighted by atomic mass is 10.3. The molecule has 6 heteroatoms. The van der Waals surface area contributed by atoms with E-state index >= 15 is 0 Å². The third kappa shape index (κ3) is 3.42. The maximum atomic E-state index is 11.4. The van der Waals surface area contributed by atoms with Crippen LogP contribution in [0.5, 0.6) is 0 Å². The van der Waals surface area contributed by atoms with Gasteiger partial charge in [-0.1, -0.05) is 32.0 Å². The Morgan fingerprint density at radius 1 is 1.21 bits per heavy atom. The fourth-order valence-corrected chi connectivity index (χ4v) is 2.16. The average Bonchev–Trinajstić information content (AvgIpc) is 2.86. The molecule has 0 atom stereocenters. The molecule has 0 unspecified atom stereocenters. The second kappa shape index (κ2) is 6.16. The Balaban J connectivity index is 0.000000861. The summed E-state index contributed by atoms with van der Waals surface area (Å²) in [4.78, 5) is 0. The summed E-state index contributed by atoms with van der Waals surface area (Å²) in [5.41, 5.74) is 0.759. The zero-order chi connectivity index (χ0) is 14.5. The molecule has 0 aliphatic carbocycles. The molecule has 2 rings (SSSR count). The van der Waals surface area contributed by atoms with Crippen LogP contribution in [0.4, 0.5) is 0 Å². The third-order valence-corrected chi connectivity index (χ3v) is 3.18. The second-order valence-electron chi connectivity index (χ2n) is 3.51. The second-order valence-corrected chi connectivity index (χ2v) is 5.44. The highest BCUT2D eigenvalue weighted by Crippen LogP contribution is 2.15. The first-order chi connectivity index (χ1) is 9.02. The van der Waals surface area contributed by atoms with Crippen LogP contribution in [0.15, 0.2) is 41.6 Å². The van der Waals surface area contributed by atoms with E-state index in [0.717, 1.165) is 6.26 Å². The molecule has 2 aromatic rings. The average molecular weight is 277 g/mol. The SMILES string of the molecule is CC.CS(=O)(=O)c1nn(-c2ccccc2)cc1C#N. The molecule has 0 aliphatic heterocycles. The fraction of sp³-hybridized carbons (Fsp3) is 0.231. The van der Waals surface area contributed by atoms with Gasteiger partial charge in [0, 0.05) is 12.5 Å². The molecule has 1 aromatic heterocycles. The molecule has 0 spiro atoms. The van der Waals surface area contributed by atoms with Gasteiger partial charge < -0.3 is 0 Å². The minimum atomic E-state index is -3.49. The monoisotopic (exact) mass is 277 g/mol. The van der Waals surface area contributed by atoms with Gasteiger partial charge in [-0.3, -0.25) is 0 Å². The topological polar surface area (TPSA) is 75.8 Å². The van der Waals surface area contributed by atoms with Crippen LogP contribution in [-0.2, 0) is 9.84 Å². The molecular weight excluding hydrogens is 262 g/mol. The van der Waals surface area contributed by atoms with Gasteiger partial charge in [-0.25, -0.2) is 13.1 Å². The zero-order valence-electron chi connectivity index (χ0n) is 11.0. The van der Waals surface area contributed by atoms with E-state index in [-0.39, 0.29) is 10.6 Å². The van der Waals surface area contributed by atoms with Crippen molar-refractivity contribution in [2.24, 2.45) is 0 Å². The van der Waals surface area contributed by atoms with Gasteiger partial charge in [0.15, 0.2) is 14.9 Å². The summed E-state index contributed by atoms with van der Waals surface area (Å²) in [6, 6.07) is 10.8. The van der Waals surface area contributed by atoms with Crippen molar-refractivity contribution in [1.29, 1.82) is 5.26 Å². The van der Waals surface area contributed by atoms with Gasteiger partial charge in [-0.05, 0) is 12.1 Å². The summed E-state index contributed by atoms with van der Waals surface area (Å²) >= 11 is 0. The van der Waals surface area contributed by atoms with Crippen molar-refractivity contribution in [3.05, 3.63) is 42.1 Å². The summed E-state index contributed by atoms with van der Waals surface area (Å²) in [5, 5.41) is 12.6. The molecule has 0 saturated heterocycles. The molecule has 0 radical (unpaired) electrons. The maximum Gasteiger partial charge on any atom is 0.195 e. The van der Waals surface area contributed by atoms with E-state index in [1.165, 1.54) is 10.9 Å². The number of nitriles is 1. The number of para-hydroxylation sites is 1. The summed E-state index contributed by atoms with van der Waals surface area (Å²) in [7, 11) is -3.49. The molecule has 0 N–H and O–H groups in total. The molecule has 5 nitrogen and oxygen atoms in total. The van der Waals surface area contributed by atoms with Crippen LogP contribution >= 0.6 is 0 Å². The van der Waals surface area contributed by atoms with E-state index in [1.807, 2.05) is 38.1 Å². The number of nitrogens with zero attached hydrogens (tertiary/aromatic N) is 3. The number of hydrogen-bond donors (Lipinski definition) is 0. The fourth-order valence-electron chi connectivity index (χ4n) is 1.42. The molecule has 1 heterocycles. The van der Waals surface area contributed by atoms with Crippen LogP contribution in [0.25, 0.3) is 5.69 Å². The number of benzene rings is 1. The normalized spacial score (nSPS) is 10.2. The van der Waals surface area contributed by atoms with E-state index in [2.05, 4.69) is 5.10 Å². The smallest absolute Gasteiger partial charge is 0.195 e. The standard InChI is InChI=1S/C11H9N3O2S.C2H6/c1-17(15,16)11-9(7-12)8-14(13-11)10-5-3-2-4-6-10;1-2/h2-6,8H,1H3;1-2H3. The predicted octanol–water partition coefficient (Wildman–Crippen LogP) is 2.17. The number of rotatable bonds is 2. The van der Waals surface area contributed by atoms with Crippen molar-refractivity contribution in [3.8, 4) is 11.8 Å². The Labute approximate surface area is 113 Å². The summed E-state index contributed by atoms with van der Waals surface area (Å²) in [5.74, 6) is 0. The largest absolute Gasteiger partial charge is 0.238 e. The van der Waals surface area contributed by atoms with E-state index in [4.69, 9.17) is 5.26 Å². The van der Waals surface area contributed by atoms with Crippen LogP contribution in [0.1, 0.15) is 19.4 Å². The lowest BCUT2D eigenvalue weighted by Crippen LogP contribution is -2.02. The van der Waals surface area contributed by atoms with E-state index in [1.54, 1.807) is 12.1 Å². The van der Waals surface area contributed by atoms with Crippen LogP contribution in [0.3, 0.4) is 0 Å². The van der Waals surface area contributed by atoms with Gasteiger partial charge in [-0.15, -0.1) is 0 Å². The first-order valence-electron chi connectivity index (χ1n) is 5.77. The van der Waals surface area contributed by atoms with Crippen molar-refractivity contribution in [3.63, 3.8) is 0 Å². The summed E-state index contributed by atoms with van der Waals surface area (Å²) in [6.45, 7) is 4.00. The van der Waals surface area contributed by atoms with Gasteiger partial charge in [0.25, 0.3) is 0 Å². The minimum absolute atomic E-state index is 0.0522. The van der Waals surface area contributed by atoms with Gasteiger partial charge in [-0.2, -0.15) is 10.4 Å². The molecule has 0 amide bonds.